The van der Waals surface area contributed by atoms with Crippen LogP contribution in [0.15, 0.2) is 71.6 Å². The van der Waals surface area contributed by atoms with Gasteiger partial charge in [-0.15, -0.1) is 0 Å². The Bertz CT molecular complexity index is 2160. The van der Waals surface area contributed by atoms with Gasteiger partial charge in [-0.25, -0.2) is 8.42 Å². The molecule has 0 atom stereocenters. The standard InChI is InChI=1S/C25H31N3O2S.C19H27N3/c1-2-15-28-24-13-12-19(26-31(29,30)21-10-4-3-5-11-21)17-22(24)23-18-27(16-14-25(23)28)20-8-6-7-9-20;1-2-10-22-18-8-7-14(20)12-16(18)17-13-21(11-9-19(17)22)15-5-3-4-6-15/h3-5,10-13,17,20,26H,2,6-9,14-16,18H2,1H3;7-8,12,15H,2-6,9-11,13,20H2,1H3. The van der Waals surface area contributed by atoms with Crippen LogP contribution in [0.2, 0.25) is 0 Å². The number of anilines is 2. The van der Waals surface area contributed by atoms with Crippen LogP contribution in [0.25, 0.3) is 21.8 Å². The zero-order valence-electron chi connectivity index (χ0n) is 31.8. The highest BCUT2D eigenvalue weighted by Gasteiger charge is 2.31. The highest BCUT2D eigenvalue weighted by molar-refractivity contribution is 7.92. The van der Waals surface area contributed by atoms with E-state index < -0.39 is 10.0 Å². The number of nitrogens with one attached hydrogen (secondary N) is 1. The monoisotopic (exact) mass is 734 g/mol. The third-order valence-electron chi connectivity index (χ3n) is 12.5. The highest BCUT2D eigenvalue weighted by Crippen LogP contribution is 2.37. The van der Waals surface area contributed by atoms with E-state index in [0.717, 1.165) is 57.3 Å². The lowest BCUT2D eigenvalue weighted by molar-refractivity contribution is 0.180. The molecule has 4 aliphatic rings. The van der Waals surface area contributed by atoms with Gasteiger partial charge in [0.2, 0.25) is 0 Å². The molecule has 0 radical (unpaired) electrons. The van der Waals surface area contributed by atoms with Gasteiger partial charge in [-0.05, 0) is 98.2 Å². The van der Waals surface area contributed by atoms with Gasteiger partial charge in [0, 0.05) is 109 Å². The fraction of sp³-hybridized carbons (Fsp3) is 0.500. The average molecular weight is 735 g/mol. The maximum absolute atomic E-state index is 12.8. The summed E-state index contributed by atoms with van der Waals surface area (Å²) in [5, 5.41) is 2.59. The fourth-order valence-electron chi connectivity index (χ4n) is 9.96. The summed E-state index contributed by atoms with van der Waals surface area (Å²) in [5.41, 5.74) is 16.2. The summed E-state index contributed by atoms with van der Waals surface area (Å²) in [6, 6.07) is 22.6. The Kier molecular flexibility index (Phi) is 10.6. The number of hydrogen-bond acceptors (Lipinski definition) is 5. The number of rotatable bonds is 9. The van der Waals surface area contributed by atoms with Crippen molar-refractivity contribution >= 4 is 43.2 Å². The molecule has 0 saturated heterocycles. The van der Waals surface area contributed by atoms with E-state index in [-0.39, 0.29) is 4.90 Å². The second kappa shape index (κ2) is 15.5. The van der Waals surface area contributed by atoms with Crippen LogP contribution < -0.4 is 10.5 Å². The Morgan fingerprint density at radius 1 is 0.679 bits per heavy atom. The summed E-state index contributed by atoms with van der Waals surface area (Å²) in [4.78, 5) is 5.67. The molecule has 8 nitrogen and oxygen atoms in total. The normalized spacial score (nSPS) is 18.7. The van der Waals surface area contributed by atoms with E-state index in [1.165, 1.54) is 104 Å². The number of hydrogen-bond donors (Lipinski definition) is 2. The number of nitrogens with two attached hydrogens (primary N) is 1. The van der Waals surface area contributed by atoms with Crippen LogP contribution in [-0.2, 0) is 49.0 Å². The maximum atomic E-state index is 12.8. The van der Waals surface area contributed by atoms with E-state index in [1.807, 2.05) is 18.2 Å². The third kappa shape index (κ3) is 7.24. The molecule has 2 saturated carbocycles. The predicted molar refractivity (Wildman–Crippen MR) is 219 cm³/mol. The minimum Gasteiger partial charge on any atom is -0.399 e. The number of aryl methyl sites for hydroxylation is 2. The molecule has 2 aromatic heterocycles. The molecule has 9 rings (SSSR count). The van der Waals surface area contributed by atoms with E-state index in [0.29, 0.717) is 11.7 Å². The predicted octanol–water partition coefficient (Wildman–Crippen LogP) is 9.09. The van der Waals surface area contributed by atoms with Crippen LogP contribution in [0.4, 0.5) is 11.4 Å². The molecular formula is C44H58N6O2S. The Morgan fingerprint density at radius 2 is 1.19 bits per heavy atom. The molecule has 4 heterocycles. The van der Waals surface area contributed by atoms with Crippen molar-refractivity contribution in [3.05, 3.63) is 89.2 Å². The zero-order chi connectivity index (χ0) is 36.5. The lowest BCUT2D eigenvalue weighted by Gasteiger charge is -2.33. The molecular weight excluding hydrogens is 677 g/mol. The van der Waals surface area contributed by atoms with Crippen LogP contribution in [-0.4, -0.2) is 52.5 Å². The molecule has 2 aliphatic heterocycles. The lowest BCUT2D eigenvalue weighted by Crippen LogP contribution is -2.38. The number of sulfonamides is 1. The largest absolute Gasteiger partial charge is 0.399 e. The number of nitrogen functional groups attached to an aromatic ring is 1. The summed E-state index contributed by atoms with van der Waals surface area (Å²) in [7, 11) is -3.60. The Morgan fingerprint density at radius 3 is 1.72 bits per heavy atom. The summed E-state index contributed by atoms with van der Waals surface area (Å²) in [5.74, 6) is 0. The van der Waals surface area contributed by atoms with Crippen LogP contribution in [0.5, 0.6) is 0 Å². The summed E-state index contributed by atoms with van der Waals surface area (Å²) < 4.78 is 33.5. The van der Waals surface area contributed by atoms with Gasteiger partial charge in [-0.3, -0.25) is 14.5 Å². The summed E-state index contributed by atoms with van der Waals surface area (Å²) in [6.07, 6.45) is 15.5. The van der Waals surface area contributed by atoms with Gasteiger partial charge in [-0.1, -0.05) is 57.7 Å². The summed E-state index contributed by atoms with van der Waals surface area (Å²) in [6.45, 7) is 11.1. The molecule has 0 bridgehead atoms. The van der Waals surface area contributed by atoms with E-state index in [1.54, 1.807) is 35.5 Å². The summed E-state index contributed by atoms with van der Waals surface area (Å²) >= 11 is 0. The highest BCUT2D eigenvalue weighted by atomic mass is 32.2. The van der Waals surface area contributed by atoms with Crippen molar-refractivity contribution in [2.75, 3.05) is 23.5 Å². The molecule has 0 amide bonds. The molecule has 9 heteroatoms. The van der Waals surface area contributed by atoms with Crippen molar-refractivity contribution in [2.24, 2.45) is 0 Å². The molecule has 3 N–H and O–H groups in total. The second-order valence-corrected chi connectivity index (χ2v) is 17.6. The number of fused-ring (bicyclic) bond motifs is 6. The number of benzene rings is 3. The Balaban J connectivity index is 0.000000160. The van der Waals surface area contributed by atoms with Crippen LogP contribution in [0, 0.1) is 0 Å². The SMILES string of the molecule is CCCn1c2c(c3cc(N)ccc31)CN(C1CCCC1)CC2.CCCn1c2c(c3cc(NS(=O)(=O)c4ccccc4)ccc31)CN(C1CCCC1)CC2. The molecule has 53 heavy (non-hydrogen) atoms. The minimum absolute atomic E-state index is 0.285. The first kappa shape index (κ1) is 36.2. The van der Waals surface area contributed by atoms with Crippen molar-refractivity contribution in [1.82, 2.24) is 18.9 Å². The van der Waals surface area contributed by atoms with Crippen LogP contribution in [0.3, 0.4) is 0 Å². The van der Waals surface area contributed by atoms with Crippen molar-refractivity contribution in [2.45, 2.75) is 134 Å². The van der Waals surface area contributed by atoms with Crippen LogP contribution >= 0.6 is 0 Å². The van der Waals surface area contributed by atoms with Crippen LogP contribution in [0.1, 0.15) is 101 Å². The second-order valence-electron chi connectivity index (χ2n) is 15.9. The first-order valence-corrected chi connectivity index (χ1v) is 21.9. The molecule has 0 spiro atoms. The molecule has 2 fully saturated rings. The molecule has 0 unspecified atom stereocenters. The first-order valence-electron chi connectivity index (χ1n) is 20.4. The maximum Gasteiger partial charge on any atom is 0.261 e. The van der Waals surface area contributed by atoms with Crippen molar-refractivity contribution in [3.8, 4) is 0 Å². The Hall–Kier alpha value is -3.79. The third-order valence-corrected chi connectivity index (χ3v) is 13.9. The van der Waals surface area contributed by atoms with Crippen molar-refractivity contribution in [3.63, 3.8) is 0 Å². The zero-order valence-corrected chi connectivity index (χ0v) is 32.6. The van der Waals surface area contributed by atoms with E-state index in [9.17, 15) is 8.42 Å². The van der Waals surface area contributed by atoms with Crippen molar-refractivity contribution < 1.29 is 8.42 Å². The van der Waals surface area contributed by atoms with Gasteiger partial charge in [0.25, 0.3) is 10.0 Å². The number of nitrogens with zero attached hydrogens (tertiary/aromatic N) is 4. The van der Waals surface area contributed by atoms with Gasteiger partial charge in [0.05, 0.1) is 4.90 Å². The quantitative estimate of drug-likeness (QED) is 0.148. The number of aromatic nitrogens is 2. The molecule has 5 aromatic rings. The van der Waals surface area contributed by atoms with E-state index >= 15 is 0 Å². The minimum atomic E-state index is -3.60. The lowest BCUT2D eigenvalue weighted by atomic mass is 10.0. The fourth-order valence-corrected chi connectivity index (χ4v) is 11.0. The molecule has 3 aromatic carbocycles. The van der Waals surface area contributed by atoms with E-state index in [4.69, 9.17) is 5.73 Å². The topological polar surface area (TPSA) is 88.5 Å². The van der Waals surface area contributed by atoms with E-state index in [2.05, 4.69) is 61.8 Å². The Labute approximate surface area is 316 Å². The van der Waals surface area contributed by atoms with Gasteiger partial charge in [-0.2, -0.15) is 0 Å². The first-order chi connectivity index (χ1) is 25.8. The smallest absolute Gasteiger partial charge is 0.261 e. The van der Waals surface area contributed by atoms with Gasteiger partial charge in [0.1, 0.15) is 0 Å². The van der Waals surface area contributed by atoms with Gasteiger partial charge >= 0.3 is 0 Å². The van der Waals surface area contributed by atoms with Gasteiger partial charge in [0.15, 0.2) is 0 Å². The molecule has 2 aliphatic carbocycles. The average Bonchev–Trinajstić information content (AvgIpc) is 4.00. The van der Waals surface area contributed by atoms with Gasteiger partial charge < -0.3 is 14.9 Å². The van der Waals surface area contributed by atoms with Crippen molar-refractivity contribution in [1.29, 1.82) is 0 Å². The molecule has 282 valence electrons.